The minimum absolute atomic E-state index is 0.151. The van der Waals surface area contributed by atoms with Gasteiger partial charge in [-0.2, -0.15) is 0 Å². The van der Waals surface area contributed by atoms with Gasteiger partial charge in [-0.05, 0) is 31.2 Å². The summed E-state index contributed by atoms with van der Waals surface area (Å²) in [5.41, 5.74) is 1.75. The number of hydrogen-bond acceptors (Lipinski definition) is 6. The highest BCUT2D eigenvalue weighted by molar-refractivity contribution is 7.14. The summed E-state index contributed by atoms with van der Waals surface area (Å²) in [6.07, 6.45) is 1.42. The molecular formula is C15H13N3O3S. The van der Waals surface area contributed by atoms with Gasteiger partial charge >= 0.3 is 0 Å². The first kappa shape index (κ1) is 14.3. The van der Waals surface area contributed by atoms with Gasteiger partial charge in [0.2, 0.25) is 5.76 Å². The van der Waals surface area contributed by atoms with Gasteiger partial charge in [0.05, 0.1) is 18.5 Å². The number of ether oxygens (including phenoxy) is 1. The second kappa shape index (κ2) is 6.40. The van der Waals surface area contributed by atoms with Gasteiger partial charge in [-0.3, -0.25) is 10.1 Å². The lowest BCUT2D eigenvalue weighted by molar-refractivity contribution is 0.0988. The van der Waals surface area contributed by atoms with Gasteiger partial charge < -0.3 is 9.26 Å². The topological polar surface area (TPSA) is 77.2 Å². The molecule has 2 heterocycles. The molecule has 1 amide bonds. The van der Waals surface area contributed by atoms with Gasteiger partial charge in [0.25, 0.3) is 5.91 Å². The quantitative estimate of drug-likeness (QED) is 0.780. The number of amides is 1. The SMILES string of the molecule is CCOc1ccc(-c2csc(NC(=O)c3ccno3)n2)cc1. The zero-order valence-electron chi connectivity index (χ0n) is 11.8. The van der Waals surface area contributed by atoms with Crippen molar-refractivity contribution in [3.8, 4) is 17.0 Å². The van der Waals surface area contributed by atoms with E-state index < -0.39 is 0 Å². The molecule has 0 aliphatic carbocycles. The highest BCUT2D eigenvalue weighted by Crippen LogP contribution is 2.26. The third-order valence-electron chi connectivity index (χ3n) is 2.85. The Morgan fingerprint density at radius 1 is 1.32 bits per heavy atom. The molecule has 0 spiro atoms. The van der Waals surface area contributed by atoms with Crippen LogP contribution in [-0.4, -0.2) is 22.7 Å². The van der Waals surface area contributed by atoms with Crippen LogP contribution in [0.4, 0.5) is 5.13 Å². The van der Waals surface area contributed by atoms with E-state index in [1.54, 1.807) is 0 Å². The summed E-state index contributed by atoms with van der Waals surface area (Å²) in [6, 6.07) is 9.15. The standard InChI is InChI=1S/C15H13N3O3S/c1-2-20-11-5-3-10(4-6-11)12-9-22-15(17-12)18-14(19)13-7-8-16-21-13/h3-9H,2H2,1H3,(H,17,18,19). The molecule has 6 nitrogen and oxygen atoms in total. The zero-order valence-corrected chi connectivity index (χ0v) is 12.6. The molecule has 0 saturated heterocycles. The normalized spacial score (nSPS) is 10.4. The van der Waals surface area contributed by atoms with Crippen molar-refractivity contribution in [3.63, 3.8) is 0 Å². The number of anilines is 1. The first-order valence-corrected chi connectivity index (χ1v) is 7.55. The Morgan fingerprint density at radius 3 is 2.82 bits per heavy atom. The van der Waals surface area contributed by atoms with Gasteiger partial charge in [0.15, 0.2) is 5.13 Å². The van der Waals surface area contributed by atoms with E-state index in [1.807, 2.05) is 36.6 Å². The molecule has 0 fully saturated rings. The number of hydrogen-bond donors (Lipinski definition) is 1. The lowest BCUT2D eigenvalue weighted by atomic mass is 10.2. The van der Waals surface area contributed by atoms with Crippen LogP contribution in [0.3, 0.4) is 0 Å². The molecule has 1 N–H and O–H groups in total. The largest absolute Gasteiger partial charge is 0.494 e. The van der Waals surface area contributed by atoms with E-state index in [-0.39, 0.29) is 11.7 Å². The Morgan fingerprint density at radius 2 is 2.14 bits per heavy atom. The molecular weight excluding hydrogens is 302 g/mol. The van der Waals surface area contributed by atoms with Crippen LogP contribution in [0, 0.1) is 0 Å². The van der Waals surface area contributed by atoms with Gasteiger partial charge in [0.1, 0.15) is 5.75 Å². The fourth-order valence-electron chi connectivity index (χ4n) is 1.84. The van der Waals surface area contributed by atoms with Crippen LogP contribution >= 0.6 is 11.3 Å². The summed E-state index contributed by atoms with van der Waals surface area (Å²) in [6.45, 7) is 2.58. The van der Waals surface area contributed by atoms with Gasteiger partial charge in [-0.25, -0.2) is 4.98 Å². The van der Waals surface area contributed by atoms with E-state index in [0.717, 1.165) is 17.0 Å². The van der Waals surface area contributed by atoms with E-state index in [2.05, 4.69) is 15.5 Å². The van der Waals surface area contributed by atoms with E-state index >= 15 is 0 Å². The minimum atomic E-state index is -0.370. The summed E-state index contributed by atoms with van der Waals surface area (Å²) in [5, 5.41) is 8.56. The average Bonchev–Trinajstić information content (AvgIpc) is 3.19. The molecule has 1 aromatic carbocycles. The van der Waals surface area contributed by atoms with E-state index in [0.29, 0.717) is 11.7 Å². The summed E-state index contributed by atoms with van der Waals surface area (Å²) in [5.74, 6) is 0.600. The number of benzene rings is 1. The van der Waals surface area contributed by atoms with Crippen molar-refractivity contribution in [1.82, 2.24) is 10.1 Å². The van der Waals surface area contributed by atoms with Gasteiger partial charge in [-0.15, -0.1) is 11.3 Å². The Kier molecular flexibility index (Phi) is 4.15. The van der Waals surface area contributed by atoms with Crippen LogP contribution in [0.1, 0.15) is 17.5 Å². The molecule has 3 aromatic rings. The second-order valence-electron chi connectivity index (χ2n) is 4.33. The lowest BCUT2D eigenvalue weighted by Gasteiger charge is -2.03. The highest BCUT2D eigenvalue weighted by Gasteiger charge is 2.12. The fourth-order valence-corrected chi connectivity index (χ4v) is 2.56. The predicted molar refractivity (Wildman–Crippen MR) is 83.2 cm³/mol. The molecule has 112 valence electrons. The molecule has 7 heteroatoms. The highest BCUT2D eigenvalue weighted by atomic mass is 32.1. The molecule has 0 atom stereocenters. The Bertz CT molecular complexity index is 751. The summed E-state index contributed by atoms with van der Waals surface area (Å²) in [4.78, 5) is 16.2. The van der Waals surface area contributed by atoms with Crippen LogP contribution in [-0.2, 0) is 0 Å². The third-order valence-corrected chi connectivity index (χ3v) is 3.61. The van der Waals surface area contributed by atoms with Crippen molar-refractivity contribution in [2.24, 2.45) is 0 Å². The maximum Gasteiger partial charge on any atom is 0.296 e. The van der Waals surface area contributed by atoms with Crippen LogP contribution in [0.2, 0.25) is 0 Å². The van der Waals surface area contributed by atoms with Crippen molar-refractivity contribution in [2.75, 3.05) is 11.9 Å². The van der Waals surface area contributed by atoms with E-state index in [4.69, 9.17) is 9.26 Å². The van der Waals surface area contributed by atoms with Gasteiger partial charge in [0, 0.05) is 17.0 Å². The van der Waals surface area contributed by atoms with Crippen LogP contribution in [0.15, 0.2) is 46.4 Å². The Balaban J connectivity index is 1.72. The number of thiazole rings is 1. The van der Waals surface area contributed by atoms with Crippen molar-refractivity contribution < 1.29 is 14.1 Å². The lowest BCUT2D eigenvalue weighted by Crippen LogP contribution is -2.10. The van der Waals surface area contributed by atoms with Crippen LogP contribution < -0.4 is 10.1 Å². The van der Waals surface area contributed by atoms with Crippen molar-refractivity contribution in [3.05, 3.63) is 47.7 Å². The number of aromatic nitrogens is 2. The first-order valence-electron chi connectivity index (χ1n) is 6.67. The molecule has 0 unspecified atom stereocenters. The van der Waals surface area contributed by atoms with Crippen molar-refractivity contribution in [1.29, 1.82) is 0 Å². The van der Waals surface area contributed by atoms with E-state index in [9.17, 15) is 4.79 Å². The molecule has 0 radical (unpaired) electrons. The van der Waals surface area contributed by atoms with Gasteiger partial charge in [-0.1, -0.05) is 5.16 Å². The summed E-state index contributed by atoms with van der Waals surface area (Å²) < 4.78 is 10.2. The third kappa shape index (κ3) is 3.15. The summed E-state index contributed by atoms with van der Waals surface area (Å²) >= 11 is 1.35. The predicted octanol–water partition coefficient (Wildman–Crippen LogP) is 3.45. The van der Waals surface area contributed by atoms with E-state index in [1.165, 1.54) is 23.6 Å². The number of rotatable bonds is 5. The smallest absolute Gasteiger partial charge is 0.296 e. The zero-order chi connectivity index (χ0) is 15.4. The van der Waals surface area contributed by atoms with Crippen LogP contribution in [0.25, 0.3) is 11.3 Å². The average molecular weight is 315 g/mol. The second-order valence-corrected chi connectivity index (χ2v) is 5.18. The monoisotopic (exact) mass is 315 g/mol. The molecule has 2 aromatic heterocycles. The summed E-state index contributed by atoms with van der Waals surface area (Å²) in [7, 11) is 0. The molecule has 0 bridgehead atoms. The molecule has 22 heavy (non-hydrogen) atoms. The maximum atomic E-state index is 11.8. The maximum absolute atomic E-state index is 11.8. The molecule has 0 aliphatic rings. The molecule has 3 rings (SSSR count). The number of nitrogens with zero attached hydrogens (tertiary/aromatic N) is 2. The number of nitrogens with one attached hydrogen (secondary N) is 1. The molecule has 0 aliphatic heterocycles. The number of carbonyl (C=O) groups excluding carboxylic acids is 1. The molecule has 0 saturated carbocycles. The number of carbonyl (C=O) groups is 1. The minimum Gasteiger partial charge on any atom is -0.494 e. The van der Waals surface area contributed by atoms with Crippen molar-refractivity contribution >= 4 is 22.4 Å². The first-order chi connectivity index (χ1) is 10.8. The Labute approximate surface area is 130 Å². The van der Waals surface area contributed by atoms with Crippen molar-refractivity contribution in [2.45, 2.75) is 6.92 Å². The van der Waals surface area contributed by atoms with Crippen LogP contribution in [0.5, 0.6) is 5.75 Å². The Hall–Kier alpha value is -2.67. The fraction of sp³-hybridized carbons (Fsp3) is 0.133.